The molecule has 7 heteroatoms. The number of likely N-dealkylation sites (tertiary alicyclic amines) is 1. The molecule has 1 heterocycles. The first-order valence-corrected chi connectivity index (χ1v) is 11.9. The zero-order chi connectivity index (χ0) is 24.6. The fraction of sp³-hybridized carbons (Fsp3) is 0.250. The molecule has 0 bridgehead atoms. The smallest absolute Gasteiger partial charge is 0.258 e. The second-order valence-electron chi connectivity index (χ2n) is 8.44. The minimum atomic E-state index is -0.222. The van der Waals surface area contributed by atoms with Crippen LogP contribution in [0.25, 0.3) is 0 Å². The van der Waals surface area contributed by atoms with E-state index in [0.717, 1.165) is 31.6 Å². The van der Waals surface area contributed by atoms with Crippen molar-refractivity contribution in [3.05, 3.63) is 90.0 Å². The van der Waals surface area contributed by atoms with Gasteiger partial charge in [0.15, 0.2) is 0 Å². The maximum atomic E-state index is 13.1. The molecular formula is C28H30N4O3. The number of carbonyl (C=O) groups is 3. The average Bonchev–Trinajstić information content (AvgIpc) is 3.44. The maximum Gasteiger partial charge on any atom is 0.258 e. The molecule has 4 rings (SSSR count). The van der Waals surface area contributed by atoms with Gasteiger partial charge in [0.25, 0.3) is 11.8 Å². The van der Waals surface area contributed by atoms with Gasteiger partial charge in [0, 0.05) is 47.8 Å². The van der Waals surface area contributed by atoms with Gasteiger partial charge in [-0.2, -0.15) is 0 Å². The molecule has 1 fully saturated rings. The summed E-state index contributed by atoms with van der Waals surface area (Å²) in [5.41, 5.74) is 3.31. The summed E-state index contributed by atoms with van der Waals surface area (Å²) < 4.78 is 0. The Bertz CT molecular complexity index is 1170. The first-order chi connectivity index (χ1) is 17.0. The highest BCUT2D eigenvalue weighted by molar-refractivity contribution is 6.06. The molecule has 1 saturated heterocycles. The summed E-state index contributed by atoms with van der Waals surface area (Å²) in [5, 5.41) is 5.91. The van der Waals surface area contributed by atoms with Gasteiger partial charge >= 0.3 is 0 Å². The summed E-state index contributed by atoms with van der Waals surface area (Å²) >= 11 is 0. The Morgan fingerprint density at radius 2 is 1.54 bits per heavy atom. The molecule has 0 radical (unpaired) electrons. The van der Waals surface area contributed by atoms with Crippen molar-refractivity contribution in [1.29, 1.82) is 0 Å². The highest BCUT2D eigenvalue weighted by atomic mass is 16.2. The normalized spacial score (nSPS) is 12.8. The lowest BCUT2D eigenvalue weighted by atomic mass is 10.1. The maximum absolute atomic E-state index is 13.1. The van der Waals surface area contributed by atoms with Crippen molar-refractivity contribution >= 4 is 34.8 Å². The number of nitrogens with zero attached hydrogens (tertiary/aromatic N) is 2. The van der Waals surface area contributed by atoms with Crippen molar-refractivity contribution in [3.63, 3.8) is 0 Å². The fourth-order valence-electron chi connectivity index (χ4n) is 4.16. The highest BCUT2D eigenvalue weighted by Gasteiger charge is 2.19. The molecule has 0 atom stereocenters. The Hall–Kier alpha value is -4.13. The number of nitrogens with one attached hydrogen (secondary N) is 2. The van der Waals surface area contributed by atoms with Crippen LogP contribution in [0, 0.1) is 0 Å². The van der Waals surface area contributed by atoms with Crippen LogP contribution in [0.1, 0.15) is 40.5 Å². The van der Waals surface area contributed by atoms with E-state index < -0.39 is 0 Å². The molecule has 35 heavy (non-hydrogen) atoms. The molecule has 0 aromatic heterocycles. The molecule has 0 saturated carbocycles. The van der Waals surface area contributed by atoms with Crippen LogP contribution in [0.4, 0.5) is 17.1 Å². The quantitative estimate of drug-likeness (QED) is 0.503. The minimum absolute atomic E-state index is 0.0328. The number of benzene rings is 3. The van der Waals surface area contributed by atoms with E-state index in [2.05, 4.69) is 10.6 Å². The van der Waals surface area contributed by atoms with Crippen LogP contribution in [0.2, 0.25) is 0 Å². The molecule has 3 aromatic carbocycles. The molecule has 2 N–H and O–H groups in total. The van der Waals surface area contributed by atoms with E-state index >= 15 is 0 Å². The topological polar surface area (TPSA) is 81.8 Å². The summed E-state index contributed by atoms with van der Waals surface area (Å²) in [6.07, 6.45) is 2.10. The lowest BCUT2D eigenvalue weighted by Gasteiger charge is -2.21. The van der Waals surface area contributed by atoms with Crippen LogP contribution in [-0.2, 0) is 4.79 Å². The number of rotatable bonds is 8. The zero-order valence-corrected chi connectivity index (χ0v) is 19.9. The van der Waals surface area contributed by atoms with E-state index in [4.69, 9.17) is 0 Å². The minimum Gasteiger partial charge on any atom is -0.376 e. The SMILES string of the molecule is CCN(C(=O)c1cccc(NCC(=O)Nc2ccc(C(=O)N3CCCC3)cc2)c1)c1ccccc1. The van der Waals surface area contributed by atoms with Gasteiger partial charge in [0.2, 0.25) is 5.91 Å². The number of para-hydroxylation sites is 1. The summed E-state index contributed by atoms with van der Waals surface area (Å²) in [7, 11) is 0. The molecule has 180 valence electrons. The fourth-order valence-corrected chi connectivity index (χ4v) is 4.16. The van der Waals surface area contributed by atoms with Gasteiger partial charge in [-0.15, -0.1) is 0 Å². The number of hydrogen-bond acceptors (Lipinski definition) is 4. The number of anilines is 3. The molecule has 0 unspecified atom stereocenters. The Labute approximate surface area is 205 Å². The van der Waals surface area contributed by atoms with Gasteiger partial charge in [-0.05, 0) is 74.4 Å². The third kappa shape index (κ3) is 6.06. The zero-order valence-electron chi connectivity index (χ0n) is 19.9. The second kappa shape index (κ2) is 11.3. The van der Waals surface area contributed by atoms with Crippen molar-refractivity contribution in [2.24, 2.45) is 0 Å². The van der Waals surface area contributed by atoms with Gasteiger partial charge in [-0.1, -0.05) is 24.3 Å². The van der Waals surface area contributed by atoms with Gasteiger partial charge in [-0.3, -0.25) is 14.4 Å². The van der Waals surface area contributed by atoms with E-state index in [0.29, 0.717) is 29.0 Å². The van der Waals surface area contributed by atoms with Crippen molar-refractivity contribution < 1.29 is 14.4 Å². The van der Waals surface area contributed by atoms with E-state index in [1.165, 1.54) is 0 Å². The lowest BCUT2D eigenvalue weighted by molar-refractivity contribution is -0.114. The summed E-state index contributed by atoms with van der Waals surface area (Å²) in [4.78, 5) is 41.5. The predicted octanol–water partition coefficient (Wildman–Crippen LogP) is 4.64. The molecule has 3 aromatic rings. The van der Waals surface area contributed by atoms with Gasteiger partial charge < -0.3 is 20.4 Å². The van der Waals surface area contributed by atoms with Crippen molar-refractivity contribution in [2.45, 2.75) is 19.8 Å². The molecule has 0 aliphatic carbocycles. The number of hydrogen-bond donors (Lipinski definition) is 2. The van der Waals surface area contributed by atoms with Crippen LogP contribution >= 0.6 is 0 Å². The van der Waals surface area contributed by atoms with Crippen LogP contribution in [-0.4, -0.2) is 48.8 Å². The van der Waals surface area contributed by atoms with Crippen molar-refractivity contribution in [1.82, 2.24) is 4.90 Å². The summed E-state index contributed by atoms with van der Waals surface area (Å²) in [6, 6.07) is 23.6. The van der Waals surface area contributed by atoms with Crippen LogP contribution < -0.4 is 15.5 Å². The second-order valence-corrected chi connectivity index (χ2v) is 8.44. The Kier molecular flexibility index (Phi) is 7.77. The molecule has 3 amide bonds. The molecular weight excluding hydrogens is 440 g/mol. The lowest BCUT2D eigenvalue weighted by Crippen LogP contribution is -2.30. The van der Waals surface area contributed by atoms with Gasteiger partial charge in [-0.25, -0.2) is 0 Å². The molecule has 1 aliphatic heterocycles. The summed E-state index contributed by atoms with van der Waals surface area (Å²) in [5.74, 6) is -0.291. The Morgan fingerprint density at radius 1 is 0.829 bits per heavy atom. The third-order valence-corrected chi connectivity index (χ3v) is 6.00. The molecule has 1 aliphatic rings. The van der Waals surface area contributed by atoms with Crippen molar-refractivity contribution in [2.75, 3.05) is 41.7 Å². The largest absolute Gasteiger partial charge is 0.376 e. The standard InChI is InChI=1S/C28H30N4O3/c1-2-32(25-11-4-3-5-12-25)28(35)22-9-8-10-24(19-22)29-20-26(33)30-23-15-13-21(14-16-23)27(34)31-17-6-7-18-31/h3-5,8-16,19,29H,2,6-7,17-18,20H2,1H3,(H,30,33). The van der Waals surface area contributed by atoms with Gasteiger partial charge in [0.1, 0.15) is 0 Å². The van der Waals surface area contributed by atoms with E-state index in [1.807, 2.05) is 48.2 Å². The Balaban J connectivity index is 1.32. The van der Waals surface area contributed by atoms with E-state index in [-0.39, 0.29) is 24.3 Å². The predicted molar refractivity (Wildman–Crippen MR) is 139 cm³/mol. The van der Waals surface area contributed by atoms with Crippen LogP contribution in [0.3, 0.4) is 0 Å². The first-order valence-electron chi connectivity index (χ1n) is 11.9. The number of amides is 3. The van der Waals surface area contributed by atoms with Crippen LogP contribution in [0.5, 0.6) is 0 Å². The molecule has 0 spiro atoms. The third-order valence-electron chi connectivity index (χ3n) is 6.00. The van der Waals surface area contributed by atoms with E-state index in [9.17, 15) is 14.4 Å². The highest BCUT2D eigenvalue weighted by Crippen LogP contribution is 2.19. The number of carbonyl (C=O) groups excluding carboxylic acids is 3. The van der Waals surface area contributed by atoms with Crippen LogP contribution in [0.15, 0.2) is 78.9 Å². The molecule has 7 nitrogen and oxygen atoms in total. The van der Waals surface area contributed by atoms with E-state index in [1.54, 1.807) is 47.4 Å². The van der Waals surface area contributed by atoms with Crippen molar-refractivity contribution in [3.8, 4) is 0 Å². The monoisotopic (exact) mass is 470 g/mol. The first kappa shape index (κ1) is 24.0. The van der Waals surface area contributed by atoms with Gasteiger partial charge in [0.05, 0.1) is 6.54 Å². The average molecular weight is 471 g/mol. The summed E-state index contributed by atoms with van der Waals surface area (Å²) in [6.45, 7) is 4.14. The Morgan fingerprint density at radius 3 is 2.23 bits per heavy atom.